The highest BCUT2D eigenvalue weighted by atomic mass is 35.5. The van der Waals surface area contributed by atoms with E-state index in [1.807, 2.05) is 0 Å². The van der Waals surface area contributed by atoms with Gasteiger partial charge in [0.05, 0.1) is 22.5 Å². The highest BCUT2D eigenvalue weighted by Gasteiger charge is 2.74. The van der Waals surface area contributed by atoms with Gasteiger partial charge < -0.3 is 15.3 Å². The van der Waals surface area contributed by atoms with E-state index in [2.05, 4.69) is 15.3 Å². The van der Waals surface area contributed by atoms with Crippen LogP contribution in [-0.4, -0.2) is 55.0 Å². The maximum Gasteiger partial charge on any atom is 0.431 e. The molecule has 198 valence electrons. The van der Waals surface area contributed by atoms with Crippen LogP contribution in [0.5, 0.6) is 0 Å². The number of para-hydroxylation sites is 1. The van der Waals surface area contributed by atoms with E-state index in [0.29, 0.717) is 5.56 Å². The molecule has 1 atom stereocenters. The average molecular weight is 557 g/mol. The second-order valence-electron chi connectivity index (χ2n) is 8.45. The Kier molecular flexibility index (Phi) is 8.39. The third kappa shape index (κ3) is 5.25. The Bertz CT molecular complexity index is 1060. The molecule has 0 spiro atoms. The molecule has 36 heavy (non-hydrogen) atoms. The van der Waals surface area contributed by atoms with Gasteiger partial charge in [0.2, 0.25) is 0 Å². The molecular formula is C23H24Cl2F6N4O. The quantitative estimate of drug-likeness (QED) is 0.472. The van der Waals surface area contributed by atoms with Crippen LogP contribution in [0.25, 0.3) is 0 Å². The van der Waals surface area contributed by atoms with Crippen LogP contribution in [0.4, 0.5) is 37.7 Å². The third-order valence-electron chi connectivity index (χ3n) is 6.23. The van der Waals surface area contributed by atoms with E-state index in [1.165, 1.54) is 12.1 Å². The molecule has 4 rings (SSSR count). The van der Waals surface area contributed by atoms with Crippen LogP contribution >= 0.6 is 24.0 Å². The Balaban J connectivity index is 0.00000361. The van der Waals surface area contributed by atoms with Gasteiger partial charge in [0.25, 0.3) is 5.60 Å². The van der Waals surface area contributed by atoms with E-state index in [-0.39, 0.29) is 23.1 Å². The summed E-state index contributed by atoms with van der Waals surface area (Å²) in [5, 5.41) is 18.0. The van der Waals surface area contributed by atoms with Gasteiger partial charge in [0.1, 0.15) is 0 Å². The molecule has 0 saturated carbocycles. The predicted molar refractivity (Wildman–Crippen MR) is 129 cm³/mol. The minimum absolute atomic E-state index is 0. The number of aliphatic hydroxyl groups is 1. The lowest BCUT2D eigenvalue weighted by Gasteiger charge is -2.32. The molecule has 1 unspecified atom stereocenters. The number of anilines is 2. The second kappa shape index (κ2) is 10.6. The van der Waals surface area contributed by atoms with Gasteiger partial charge in [-0.1, -0.05) is 35.9 Å². The predicted octanol–water partition coefficient (Wildman–Crippen LogP) is 5.72. The lowest BCUT2D eigenvalue weighted by atomic mass is 9.90. The van der Waals surface area contributed by atoms with E-state index >= 15 is 0 Å². The number of hydrogen-bond acceptors (Lipinski definition) is 5. The van der Waals surface area contributed by atoms with Crippen molar-refractivity contribution in [3.63, 3.8) is 0 Å². The molecule has 1 fully saturated rings. The topological polar surface area (TPSA) is 51.1 Å². The smallest absolute Gasteiger partial charge is 0.370 e. The average Bonchev–Trinajstić information content (AvgIpc) is 3.05. The summed E-state index contributed by atoms with van der Waals surface area (Å²) in [4.78, 5) is 2.15. The van der Waals surface area contributed by atoms with Gasteiger partial charge in [0, 0.05) is 31.7 Å². The summed E-state index contributed by atoms with van der Waals surface area (Å²) in [6, 6.07) is 11.9. The number of nitrogens with zero attached hydrogens (tertiary/aromatic N) is 3. The Labute approximate surface area is 215 Å². The highest BCUT2D eigenvalue weighted by Crippen LogP contribution is 2.49. The molecule has 2 aromatic rings. The van der Waals surface area contributed by atoms with Crippen molar-refractivity contribution in [2.75, 3.05) is 36.1 Å². The lowest BCUT2D eigenvalue weighted by molar-refractivity contribution is -0.338. The number of hydrazone groups is 1. The first kappa shape index (κ1) is 28.4. The van der Waals surface area contributed by atoms with E-state index < -0.39 is 36.1 Å². The first-order chi connectivity index (χ1) is 16.4. The SMILES string of the molecule is Cl.OC(C1=NN(c2ccccc2Cl)C(c2ccc(N3CCCNCC3)cc2)C1)(C(F)(F)F)C(F)(F)F. The summed E-state index contributed by atoms with van der Waals surface area (Å²) in [7, 11) is 0. The zero-order valence-corrected chi connectivity index (χ0v) is 20.4. The molecule has 0 radical (unpaired) electrons. The Hall–Kier alpha value is -2.21. The van der Waals surface area contributed by atoms with Gasteiger partial charge in [-0.05, 0) is 42.8 Å². The van der Waals surface area contributed by atoms with Crippen molar-refractivity contribution in [3.8, 4) is 0 Å². The van der Waals surface area contributed by atoms with Crippen LogP contribution in [0.1, 0.15) is 24.4 Å². The summed E-state index contributed by atoms with van der Waals surface area (Å²) in [5.41, 5.74) is -5.07. The van der Waals surface area contributed by atoms with Crippen molar-refractivity contribution in [2.24, 2.45) is 5.10 Å². The first-order valence-corrected chi connectivity index (χ1v) is 11.3. The van der Waals surface area contributed by atoms with E-state index in [4.69, 9.17) is 11.6 Å². The largest absolute Gasteiger partial charge is 0.431 e. The van der Waals surface area contributed by atoms with E-state index in [9.17, 15) is 31.4 Å². The van der Waals surface area contributed by atoms with Gasteiger partial charge >= 0.3 is 12.4 Å². The molecule has 2 heterocycles. The third-order valence-corrected chi connectivity index (χ3v) is 6.55. The number of alkyl halides is 6. The molecule has 1 saturated heterocycles. The fourth-order valence-corrected chi connectivity index (χ4v) is 4.57. The minimum Gasteiger partial charge on any atom is -0.370 e. The van der Waals surface area contributed by atoms with Crippen LogP contribution < -0.4 is 15.2 Å². The summed E-state index contributed by atoms with van der Waals surface area (Å²) >= 11 is 6.21. The van der Waals surface area contributed by atoms with Gasteiger partial charge in [-0.25, -0.2) is 0 Å². The summed E-state index contributed by atoms with van der Waals surface area (Å²) < 4.78 is 81.5. The van der Waals surface area contributed by atoms with Crippen LogP contribution in [0.3, 0.4) is 0 Å². The number of rotatable bonds is 4. The Morgan fingerprint density at radius 3 is 2.17 bits per heavy atom. The fraction of sp³-hybridized carbons (Fsp3) is 0.435. The van der Waals surface area contributed by atoms with Gasteiger partial charge in [0.15, 0.2) is 0 Å². The number of benzene rings is 2. The Morgan fingerprint density at radius 1 is 0.917 bits per heavy atom. The minimum atomic E-state index is -6.02. The van der Waals surface area contributed by atoms with Crippen LogP contribution in [0.15, 0.2) is 53.6 Å². The molecule has 2 aliphatic rings. The molecule has 2 aliphatic heterocycles. The highest BCUT2D eigenvalue weighted by molar-refractivity contribution is 6.33. The molecular weight excluding hydrogens is 533 g/mol. The first-order valence-electron chi connectivity index (χ1n) is 11.0. The van der Waals surface area contributed by atoms with E-state index in [0.717, 1.165) is 43.3 Å². The monoisotopic (exact) mass is 556 g/mol. The maximum absolute atomic E-state index is 13.6. The number of hydrogen-bond donors (Lipinski definition) is 2. The number of nitrogens with one attached hydrogen (secondary N) is 1. The van der Waals surface area contributed by atoms with Crippen molar-refractivity contribution >= 4 is 41.1 Å². The van der Waals surface area contributed by atoms with Crippen molar-refractivity contribution in [2.45, 2.75) is 36.8 Å². The second-order valence-corrected chi connectivity index (χ2v) is 8.86. The molecule has 0 aromatic heterocycles. The molecule has 0 amide bonds. The summed E-state index contributed by atoms with van der Waals surface area (Å²) in [5.74, 6) is 0. The molecule has 13 heteroatoms. The zero-order valence-electron chi connectivity index (χ0n) is 18.8. The summed E-state index contributed by atoms with van der Waals surface area (Å²) in [6.07, 6.45) is -11.9. The van der Waals surface area contributed by atoms with Gasteiger partial charge in [-0.15, -0.1) is 12.4 Å². The van der Waals surface area contributed by atoms with Crippen LogP contribution in [-0.2, 0) is 0 Å². The number of halogens is 8. The van der Waals surface area contributed by atoms with Gasteiger partial charge in [-0.2, -0.15) is 31.4 Å². The Morgan fingerprint density at radius 2 is 1.56 bits per heavy atom. The van der Waals surface area contributed by atoms with Crippen molar-refractivity contribution in [1.29, 1.82) is 0 Å². The molecule has 0 aliphatic carbocycles. The van der Waals surface area contributed by atoms with Crippen molar-refractivity contribution in [1.82, 2.24) is 5.32 Å². The molecule has 0 bridgehead atoms. The normalized spacial score (nSPS) is 19.6. The standard InChI is InChI=1S/C23H23ClF6N4O.ClH/c24-17-4-1-2-5-18(17)34-19(14-20(32-34)21(35,22(25,26)27)23(28,29)30)15-6-8-16(9-7-15)33-12-3-10-31-11-13-33;/h1-2,4-9,19,31,35H,3,10-14H2;1H. The maximum atomic E-state index is 13.6. The van der Waals surface area contributed by atoms with Crippen LogP contribution in [0, 0.1) is 0 Å². The molecule has 5 nitrogen and oxygen atoms in total. The van der Waals surface area contributed by atoms with Gasteiger partial charge in [-0.3, -0.25) is 5.01 Å². The fourth-order valence-electron chi connectivity index (χ4n) is 4.35. The lowest BCUT2D eigenvalue weighted by Crippen LogP contribution is -2.62. The zero-order chi connectivity index (χ0) is 25.4. The van der Waals surface area contributed by atoms with Crippen LogP contribution in [0.2, 0.25) is 5.02 Å². The van der Waals surface area contributed by atoms with Crippen molar-refractivity contribution < 1.29 is 31.4 Å². The molecule has 2 aromatic carbocycles. The summed E-state index contributed by atoms with van der Waals surface area (Å²) in [6.45, 7) is 3.28. The van der Waals surface area contributed by atoms with Crippen molar-refractivity contribution in [3.05, 3.63) is 59.1 Å². The van der Waals surface area contributed by atoms with E-state index in [1.54, 1.807) is 36.4 Å². The molecule has 2 N–H and O–H groups in total.